The lowest BCUT2D eigenvalue weighted by molar-refractivity contribution is -0.118. The van der Waals surface area contributed by atoms with Gasteiger partial charge in [0.2, 0.25) is 5.91 Å². The van der Waals surface area contributed by atoms with Crippen molar-refractivity contribution in [3.63, 3.8) is 0 Å². The molecule has 1 aromatic carbocycles. The molecule has 0 unspecified atom stereocenters. The Balaban J connectivity index is 2.21. The van der Waals surface area contributed by atoms with Gasteiger partial charge in [0.05, 0.1) is 11.3 Å². The molecule has 0 radical (unpaired) electrons. The number of nitrogens with zero attached hydrogens (tertiary/aromatic N) is 3. The smallest absolute Gasteiger partial charge is 0.266 e. The molecule has 1 amide bonds. The molecule has 2 rings (SSSR count). The van der Waals surface area contributed by atoms with Crippen molar-refractivity contribution in [2.24, 2.45) is 10.7 Å². The molecule has 26 heavy (non-hydrogen) atoms. The number of benzene rings is 1. The van der Waals surface area contributed by atoms with Crippen LogP contribution in [0.4, 0.5) is 18.9 Å². The van der Waals surface area contributed by atoms with Gasteiger partial charge in [0.15, 0.2) is 16.6 Å². The van der Waals surface area contributed by atoms with Crippen molar-refractivity contribution in [3.05, 3.63) is 35.3 Å². The van der Waals surface area contributed by atoms with E-state index in [1.54, 1.807) is 5.48 Å². The minimum atomic E-state index is -3.01. The van der Waals surface area contributed by atoms with Crippen LogP contribution >= 0.6 is 11.8 Å². The van der Waals surface area contributed by atoms with E-state index in [1.165, 1.54) is 11.8 Å². The van der Waals surface area contributed by atoms with E-state index in [4.69, 9.17) is 5.73 Å². The molecule has 1 aromatic heterocycles. The third-order valence-corrected chi connectivity index (χ3v) is 4.08. The molecule has 0 fully saturated rings. The number of alkyl halides is 2. The van der Waals surface area contributed by atoms with Gasteiger partial charge in [0.1, 0.15) is 5.82 Å². The van der Waals surface area contributed by atoms with Gasteiger partial charge in [-0.15, -0.1) is 11.8 Å². The second-order valence-electron chi connectivity index (χ2n) is 4.92. The van der Waals surface area contributed by atoms with E-state index in [1.807, 2.05) is 0 Å². The maximum Gasteiger partial charge on any atom is 0.266 e. The zero-order valence-corrected chi connectivity index (χ0v) is 14.0. The van der Waals surface area contributed by atoms with Gasteiger partial charge in [-0.1, -0.05) is 0 Å². The molecule has 0 aliphatic carbocycles. The summed E-state index contributed by atoms with van der Waals surface area (Å²) in [6, 6.07) is 2.85. The Morgan fingerprint density at radius 2 is 2.19 bits per heavy atom. The monoisotopic (exact) mass is 389 g/mol. The van der Waals surface area contributed by atoms with Gasteiger partial charge in [-0.3, -0.25) is 15.5 Å². The molecule has 0 atom stereocenters. The zero-order valence-electron chi connectivity index (χ0n) is 13.2. The Morgan fingerprint density at radius 1 is 1.42 bits per heavy atom. The Bertz CT molecular complexity index is 800. The van der Waals surface area contributed by atoms with Crippen LogP contribution in [0.3, 0.4) is 0 Å². The van der Waals surface area contributed by atoms with Crippen molar-refractivity contribution in [3.8, 4) is 0 Å². The molecule has 0 aliphatic rings. The third-order valence-electron chi connectivity index (χ3n) is 3.05. The number of aromatic nitrogens is 2. The Kier molecular flexibility index (Phi) is 6.97. The molecular weight excluding hydrogens is 375 g/mol. The van der Waals surface area contributed by atoms with E-state index in [-0.39, 0.29) is 28.7 Å². The lowest BCUT2D eigenvalue weighted by Gasteiger charge is -2.05. The zero-order chi connectivity index (χ0) is 19.1. The Hall–Kier alpha value is -2.60. The van der Waals surface area contributed by atoms with Crippen LogP contribution in [0.2, 0.25) is 0 Å². The van der Waals surface area contributed by atoms with Crippen LogP contribution in [0, 0.1) is 5.82 Å². The molecule has 0 saturated carbocycles. The van der Waals surface area contributed by atoms with Crippen LogP contribution < -0.4 is 11.2 Å². The maximum absolute atomic E-state index is 13.3. The van der Waals surface area contributed by atoms with Gasteiger partial charge in [-0.05, 0) is 34.9 Å². The number of rotatable bonds is 8. The Labute approximate surface area is 149 Å². The topological polar surface area (TPSA) is 127 Å². The largest absolute Gasteiger partial charge is 0.370 e. The van der Waals surface area contributed by atoms with Crippen molar-refractivity contribution in [2.75, 3.05) is 5.75 Å². The molecule has 140 valence electrons. The van der Waals surface area contributed by atoms with Crippen molar-refractivity contribution in [1.82, 2.24) is 15.8 Å². The fraction of sp³-hybridized carbons (Fsp3) is 0.286. The second kappa shape index (κ2) is 9.20. The first-order valence-electron chi connectivity index (χ1n) is 7.22. The van der Waals surface area contributed by atoms with Crippen molar-refractivity contribution in [1.29, 1.82) is 0 Å². The predicted molar refractivity (Wildman–Crippen MR) is 85.9 cm³/mol. The number of hydroxylamine groups is 1. The second-order valence-corrected chi connectivity index (χ2v) is 6.00. The van der Waals surface area contributed by atoms with Gasteiger partial charge in [-0.2, -0.15) is 0 Å². The van der Waals surface area contributed by atoms with Gasteiger partial charge < -0.3 is 5.73 Å². The third kappa shape index (κ3) is 5.20. The van der Waals surface area contributed by atoms with Crippen LogP contribution in [0.15, 0.2) is 32.8 Å². The summed E-state index contributed by atoms with van der Waals surface area (Å²) in [5.74, 6) is -1.26. The summed E-state index contributed by atoms with van der Waals surface area (Å²) in [5, 5.41) is 16.8. The number of nitrogens with two attached hydrogens (primary N) is 1. The number of nitrogens with one attached hydrogen (secondary N) is 1. The van der Waals surface area contributed by atoms with Gasteiger partial charge >= 0.3 is 0 Å². The molecule has 0 bridgehead atoms. The molecule has 4 N–H and O–H groups in total. The van der Waals surface area contributed by atoms with E-state index in [2.05, 4.69) is 19.9 Å². The van der Waals surface area contributed by atoms with Crippen molar-refractivity contribution < 1.29 is 27.8 Å². The highest BCUT2D eigenvalue weighted by Crippen LogP contribution is 2.27. The number of carbonyl (C=O) groups excluding carboxylic acids is 1. The standard InChI is InChI=1S/C14H14F3N5O3S/c15-9-4-3-7(6-8(9)12(16)17)19-13(20-24)11-14(22-25-21-11)26-5-1-2-10(18)23/h3-4,6,12,24H,1-2,5H2,(H2,18,23)(H,19,20). The number of halogens is 3. The summed E-state index contributed by atoms with van der Waals surface area (Å²) in [6.07, 6.45) is -2.33. The summed E-state index contributed by atoms with van der Waals surface area (Å²) >= 11 is 1.17. The lowest BCUT2D eigenvalue weighted by Crippen LogP contribution is -2.21. The van der Waals surface area contributed by atoms with E-state index >= 15 is 0 Å². The molecule has 12 heteroatoms. The average Bonchev–Trinajstić information content (AvgIpc) is 3.05. The first kappa shape index (κ1) is 19.7. The van der Waals surface area contributed by atoms with Crippen molar-refractivity contribution in [2.45, 2.75) is 24.3 Å². The summed E-state index contributed by atoms with van der Waals surface area (Å²) in [4.78, 5) is 14.6. The summed E-state index contributed by atoms with van der Waals surface area (Å²) in [6.45, 7) is 0. The van der Waals surface area contributed by atoms with Gasteiger partial charge in [0.25, 0.3) is 6.43 Å². The SMILES string of the molecule is NC(=O)CCCSc1nonc1C(=Nc1ccc(F)c(C(F)F)c1)NO. The van der Waals surface area contributed by atoms with E-state index < -0.39 is 23.7 Å². The lowest BCUT2D eigenvalue weighted by atomic mass is 10.2. The minimum absolute atomic E-state index is 0.0273. The molecular formula is C14H14F3N5O3S. The number of primary amides is 1. The maximum atomic E-state index is 13.3. The van der Waals surface area contributed by atoms with E-state index in [9.17, 15) is 23.2 Å². The molecule has 8 nitrogen and oxygen atoms in total. The fourth-order valence-corrected chi connectivity index (χ4v) is 2.70. The highest BCUT2D eigenvalue weighted by Gasteiger charge is 2.18. The number of amides is 1. The van der Waals surface area contributed by atoms with Crippen LogP contribution in [-0.4, -0.2) is 33.0 Å². The number of hydrogen-bond donors (Lipinski definition) is 3. The Morgan fingerprint density at radius 3 is 2.85 bits per heavy atom. The quantitative estimate of drug-likeness (QED) is 0.208. The highest BCUT2D eigenvalue weighted by molar-refractivity contribution is 7.99. The average molecular weight is 389 g/mol. The first-order chi connectivity index (χ1) is 12.4. The fourth-order valence-electron chi connectivity index (χ4n) is 1.86. The summed E-state index contributed by atoms with van der Waals surface area (Å²) in [7, 11) is 0. The van der Waals surface area contributed by atoms with Crippen LogP contribution in [0.25, 0.3) is 0 Å². The van der Waals surface area contributed by atoms with Gasteiger partial charge in [-0.25, -0.2) is 22.8 Å². The van der Waals surface area contributed by atoms with Crippen LogP contribution in [0.1, 0.15) is 30.5 Å². The molecule has 0 aliphatic heterocycles. The molecule has 2 aromatic rings. The number of aliphatic imine (C=N–C) groups is 1. The molecule has 1 heterocycles. The highest BCUT2D eigenvalue weighted by atomic mass is 32.2. The molecule has 0 spiro atoms. The normalized spacial score (nSPS) is 11.8. The van der Waals surface area contributed by atoms with Gasteiger partial charge in [0, 0.05) is 12.2 Å². The number of amidine groups is 1. The number of carbonyl (C=O) groups is 1. The first-order valence-corrected chi connectivity index (χ1v) is 8.21. The van der Waals surface area contributed by atoms with Crippen LogP contribution in [-0.2, 0) is 4.79 Å². The molecule has 0 saturated heterocycles. The van der Waals surface area contributed by atoms with Crippen LogP contribution in [0.5, 0.6) is 0 Å². The predicted octanol–water partition coefficient (Wildman–Crippen LogP) is 2.56. The number of hydrogen-bond acceptors (Lipinski definition) is 7. The minimum Gasteiger partial charge on any atom is -0.370 e. The summed E-state index contributed by atoms with van der Waals surface area (Å²) in [5.41, 5.74) is 6.00. The van der Waals surface area contributed by atoms with Crippen molar-refractivity contribution >= 4 is 29.2 Å². The van der Waals surface area contributed by atoms with E-state index in [0.29, 0.717) is 12.2 Å². The van der Waals surface area contributed by atoms with E-state index in [0.717, 1.165) is 18.2 Å². The summed E-state index contributed by atoms with van der Waals surface area (Å²) < 4.78 is 43.5. The number of thioether (sulfide) groups is 1.